The van der Waals surface area contributed by atoms with E-state index in [0.29, 0.717) is 42.8 Å². The van der Waals surface area contributed by atoms with Gasteiger partial charge in [0.1, 0.15) is 16.3 Å². The molecule has 4 rings (SSSR count). The first-order valence-corrected chi connectivity index (χ1v) is 10.1. The van der Waals surface area contributed by atoms with Crippen molar-refractivity contribution < 1.29 is 23.7 Å². The molecule has 2 aromatic carbocycles. The van der Waals surface area contributed by atoms with Crippen LogP contribution in [0.4, 0.5) is 11.4 Å². The molecule has 32 heavy (non-hydrogen) atoms. The number of carbonyl (C=O) groups excluding carboxylic acids is 2. The Hall–Kier alpha value is -3.69. The van der Waals surface area contributed by atoms with Crippen molar-refractivity contribution in [3.05, 3.63) is 75.0 Å². The minimum atomic E-state index is -0.596. The molecule has 1 aliphatic heterocycles. The largest absolute Gasteiger partial charge is 0.449 e. The lowest BCUT2D eigenvalue weighted by molar-refractivity contribution is -0.384. The quantitative estimate of drug-likeness (QED) is 0.351. The van der Waals surface area contributed by atoms with Crippen LogP contribution in [0.3, 0.4) is 0 Å². The van der Waals surface area contributed by atoms with E-state index < -0.39 is 10.8 Å². The Morgan fingerprint density at radius 2 is 1.91 bits per heavy atom. The number of amides is 2. The zero-order chi connectivity index (χ0) is 22.7. The summed E-state index contributed by atoms with van der Waals surface area (Å²) < 4.78 is 11.1. The van der Waals surface area contributed by atoms with Crippen molar-refractivity contribution in [2.75, 3.05) is 31.6 Å². The number of nitrogens with one attached hydrogen (secondary N) is 1. The van der Waals surface area contributed by atoms with E-state index in [1.54, 1.807) is 35.2 Å². The summed E-state index contributed by atoms with van der Waals surface area (Å²) >= 11 is 5.82. The third-order valence-corrected chi connectivity index (χ3v) is 5.25. The summed E-state index contributed by atoms with van der Waals surface area (Å²) in [7, 11) is 0. The SMILES string of the molecule is O=C(/C=C/c1ccc(Cl)c([N+](=O)[O-])c1)Nc1c(C(=O)N2CCOCC2)oc2ccccc12. The smallest absolute Gasteiger partial charge is 0.291 e. The maximum Gasteiger partial charge on any atom is 0.291 e. The number of morpholine rings is 1. The molecule has 1 N–H and O–H groups in total. The Bertz CT molecular complexity index is 1230. The van der Waals surface area contributed by atoms with Crippen molar-refractivity contribution in [1.82, 2.24) is 4.90 Å². The molecular formula is C22H18ClN3O6. The van der Waals surface area contributed by atoms with Crippen molar-refractivity contribution in [3.8, 4) is 0 Å². The van der Waals surface area contributed by atoms with Gasteiger partial charge in [-0.1, -0.05) is 29.8 Å². The summed E-state index contributed by atoms with van der Waals surface area (Å²) in [6, 6.07) is 11.2. The minimum Gasteiger partial charge on any atom is -0.449 e. The normalized spacial score (nSPS) is 14.1. The highest BCUT2D eigenvalue weighted by atomic mass is 35.5. The topological polar surface area (TPSA) is 115 Å². The molecule has 0 aliphatic carbocycles. The first-order valence-electron chi connectivity index (χ1n) is 9.75. The molecule has 0 radical (unpaired) electrons. The van der Waals surface area contributed by atoms with Crippen molar-refractivity contribution in [2.24, 2.45) is 0 Å². The second-order valence-corrected chi connectivity index (χ2v) is 7.40. The van der Waals surface area contributed by atoms with Crippen molar-refractivity contribution in [2.45, 2.75) is 0 Å². The molecule has 9 nitrogen and oxygen atoms in total. The van der Waals surface area contributed by atoms with Gasteiger partial charge in [0, 0.05) is 30.6 Å². The van der Waals surface area contributed by atoms with Crippen LogP contribution < -0.4 is 5.32 Å². The number of fused-ring (bicyclic) bond motifs is 1. The Kier molecular flexibility index (Phi) is 6.20. The van der Waals surface area contributed by atoms with Gasteiger partial charge < -0.3 is 19.4 Å². The van der Waals surface area contributed by atoms with Crippen LogP contribution in [0.5, 0.6) is 0 Å². The highest BCUT2D eigenvalue weighted by Crippen LogP contribution is 2.32. The molecule has 3 aromatic rings. The average molecular weight is 456 g/mol. The zero-order valence-electron chi connectivity index (χ0n) is 16.7. The van der Waals surface area contributed by atoms with E-state index in [4.69, 9.17) is 20.8 Å². The standard InChI is InChI=1S/C22H18ClN3O6/c23-16-7-5-14(13-17(16)26(29)30)6-8-19(27)24-20-15-3-1-2-4-18(15)32-21(20)22(28)25-9-11-31-12-10-25/h1-8,13H,9-12H2,(H,24,27)/b8-6+. The molecule has 1 fully saturated rings. The Labute approximate surface area is 187 Å². The second-order valence-electron chi connectivity index (χ2n) is 7.00. The van der Waals surface area contributed by atoms with Gasteiger partial charge in [-0.2, -0.15) is 0 Å². The zero-order valence-corrected chi connectivity index (χ0v) is 17.5. The molecule has 10 heteroatoms. The number of halogens is 1. The number of ether oxygens (including phenoxy) is 1. The number of furan rings is 1. The molecule has 0 unspecified atom stereocenters. The number of para-hydroxylation sites is 1. The molecule has 164 valence electrons. The minimum absolute atomic E-state index is 0.00716. The van der Waals surface area contributed by atoms with Gasteiger partial charge in [-0.25, -0.2) is 0 Å². The summed E-state index contributed by atoms with van der Waals surface area (Å²) in [6.07, 6.45) is 2.64. The van der Waals surface area contributed by atoms with Crippen molar-refractivity contribution in [3.63, 3.8) is 0 Å². The Morgan fingerprint density at radius 3 is 2.66 bits per heavy atom. The van der Waals surface area contributed by atoms with E-state index in [2.05, 4.69) is 5.32 Å². The summed E-state index contributed by atoms with van der Waals surface area (Å²) in [6.45, 7) is 1.73. The van der Waals surface area contributed by atoms with E-state index >= 15 is 0 Å². The summed E-state index contributed by atoms with van der Waals surface area (Å²) in [5.41, 5.74) is 0.914. The third kappa shape index (κ3) is 4.48. The van der Waals surface area contributed by atoms with Crippen LogP contribution in [0.15, 0.2) is 53.0 Å². The van der Waals surface area contributed by atoms with Crippen LogP contribution >= 0.6 is 11.6 Å². The lowest BCUT2D eigenvalue weighted by Crippen LogP contribution is -2.40. The number of nitrogens with zero attached hydrogens (tertiary/aromatic N) is 2. The number of anilines is 1. The van der Waals surface area contributed by atoms with E-state index in [-0.39, 0.29) is 28.1 Å². The number of hydrogen-bond acceptors (Lipinski definition) is 6. The molecule has 0 bridgehead atoms. The lowest BCUT2D eigenvalue weighted by Gasteiger charge is -2.26. The van der Waals surface area contributed by atoms with E-state index in [9.17, 15) is 19.7 Å². The second kappa shape index (κ2) is 9.21. The third-order valence-electron chi connectivity index (χ3n) is 4.93. The molecule has 2 heterocycles. The predicted octanol–water partition coefficient (Wildman–Crippen LogP) is 4.12. The number of carbonyl (C=O) groups is 2. The molecule has 1 aliphatic rings. The van der Waals surface area contributed by atoms with Crippen LogP contribution in [0.1, 0.15) is 16.1 Å². The van der Waals surface area contributed by atoms with Crippen LogP contribution in [-0.4, -0.2) is 47.9 Å². The number of nitro benzene ring substituents is 1. The van der Waals surface area contributed by atoms with E-state index in [0.717, 1.165) is 0 Å². The summed E-state index contributed by atoms with van der Waals surface area (Å²) in [5.74, 6) is -0.820. The number of rotatable bonds is 5. The van der Waals surface area contributed by atoms with Gasteiger partial charge in [0.25, 0.3) is 11.6 Å². The Balaban J connectivity index is 1.60. The first kappa shape index (κ1) is 21.5. The average Bonchev–Trinajstić information content (AvgIpc) is 3.16. The lowest BCUT2D eigenvalue weighted by atomic mass is 10.1. The first-order chi connectivity index (χ1) is 15.4. The van der Waals surface area contributed by atoms with E-state index in [1.807, 2.05) is 0 Å². The highest BCUT2D eigenvalue weighted by Gasteiger charge is 2.27. The molecule has 0 atom stereocenters. The van der Waals surface area contributed by atoms with Crippen LogP contribution in [0.2, 0.25) is 5.02 Å². The van der Waals surface area contributed by atoms with Crippen LogP contribution in [-0.2, 0) is 9.53 Å². The highest BCUT2D eigenvalue weighted by molar-refractivity contribution is 6.32. The molecule has 1 aromatic heterocycles. The monoisotopic (exact) mass is 455 g/mol. The van der Waals surface area contributed by atoms with Crippen molar-refractivity contribution >= 4 is 51.8 Å². The van der Waals surface area contributed by atoms with Gasteiger partial charge in [-0.05, 0) is 29.8 Å². The molecule has 1 saturated heterocycles. The molecule has 0 spiro atoms. The maximum atomic E-state index is 13.0. The van der Waals surface area contributed by atoms with Gasteiger partial charge in [0.05, 0.1) is 18.1 Å². The van der Waals surface area contributed by atoms with Crippen LogP contribution in [0, 0.1) is 10.1 Å². The fourth-order valence-electron chi connectivity index (χ4n) is 3.34. The number of hydrogen-bond donors (Lipinski definition) is 1. The molecule has 0 saturated carbocycles. The molecular weight excluding hydrogens is 438 g/mol. The van der Waals surface area contributed by atoms with Crippen molar-refractivity contribution in [1.29, 1.82) is 0 Å². The van der Waals surface area contributed by atoms with Gasteiger partial charge >= 0.3 is 0 Å². The summed E-state index contributed by atoms with van der Waals surface area (Å²) in [5, 5.41) is 14.4. The van der Waals surface area contributed by atoms with Gasteiger partial charge in [0.2, 0.25) is 11.7 Å². The Morgan fingerprint density at radius 1 is 1.16 bits per heavy atom. The number of nitro groups is 1. The fraction of sp³-hybridized carbons (Fsp3) is 0.182. The molecule has 2 amide bonds. The van der Waals surface area contributed by atoms with Gasteiger partial charge in [0.15, 0.2) is 0 Å². The summed E-state index contributed by atoms with van der Waals surface area (Å²) in [4.78, 5) is 37.7. The van der Waals surface area contributed by atoms with Gasteiger partial charge in [-0.3, -0.25) is 19.7 Å². The van der Waals surface area contributed by atoms with Gasteiger partial charge in [-0.15, -0.1) is 0 Å². The number of benzene rings is 2. The maximum absolute atomic E-state index is 13.0. The van der Waals surface area contributed by atoms with Crippen LogP contribution in [0.25, 0.3) is 17.0 Å². The van der Waals surface area contributed by atoms with E-state index in [1.165, 1.54) is 24.3 Å². The fourth-order valence-corrected chi connectivity index (χ4v) is 3.53. The predicted molar refractivity (Wildman–Crippen MR) is 119 cm³/mol.